The van der Waals surface area contributed by atoms with E-state index in [1.807, 2.05) is 4.90 Å². The Morgan fingerprint density at radius 2 is 1.96 bits per heavy atom. The first kappa shape index (κ1) is 14.9. The smallest absolute Gasteiger partial charge is 0.228 e. The highest BCUT2D eigenvalue weighted by atomic mass is 16.5. The van der Waals surface area contributed by atoms with Gasteiger partial charge in [0.25, 0.3) is 0 Å². The van der Waals surface area contributed by atoms with Crippen molar-refractivity contribution < 1.29 is 9.53 Å². The van der Waals surface area contributed by atoms with Gasteiger partial charge in [-0.15, -0.1) is 5.10 Å². The number of rotatable bonds is 2. The highest BCUT2D eigenvalue weighted by molar-refractivity contribution is 5.79. The van der Waals surface area contributed by atoms with Crippen LogP contribution in [0.25, 0.3) is 0 Å². The summed E-state index contributed by atoms with van der Waals surface area (Å²) in [6.45, 7) is 4.54. The summed E-state index contributed by atoms with van der Waals surface area (Å²) in [4.78, 5) is 16.7. The largest absolute Gasteiger partial charge is 0.381 e. The van der Waals surface area contributed by atoms with Crippen LogP contribution in [-0.4, -0.2) is 60.4 Å². The van der Waals surface area contributed by atoms with Crippen LogP contribution in [0.1, 0.15) is 30.5 Å². The van der Waals surface area contributed by atoms with Crippen molar-refractivity contribution in [3.8, 4) is 0 Å². The van der Waals surface area contributed by atoms with Gasteiger partial charge in [-0.1, -0.05) is 0 Å². The van der Waals surface area contributed by atoms with E-state index in [-0.39, 0.29) is 11.8 Å². The zero-order valence-electron chi connectivity index (χ0n) is 13.5. The van der Waals surface area contributed by atoms with E-state index >= 15 is 0 Å². The molecule has 1 amide bonds. The average Bonchev–Trinajstić information content (AvgIpc) is 3.15. The molecule has 1 aliphatic carbocycles. The fourth-order valence-electron chi connectivity index (χ4n) is 3.78. The quantitative estimate of drug-likeness (QED) is 0.816. The minimum absolute atomic E-state index is 0.0742. The Morgan fingerprint density at radius 3 is 2.74 bits per heavy atom. The van der Waals surface area contributed by atoms with Crippen molar-refractivity contribution >= 4 is 11.7 Å². The molecule has 0 aromatic carbocycles. The predicted octanol–water partition coefficient (Wildman–Crippen LogP) is 1.04. The van der Waals surface area contributed by atoms with Gasteiger partial charge in [-0.3, -0.25) is 4.79 Å². The first-order valence-electron chi connectivity index (χ1n) is 8.78. The standard InChI is InChI=1S/C17H24N4O2/c22-17(14-5-10-23-12-14)21-8-6-20(7-9-21)16-11-13-3-1-2-4-15(13)18-19-16/h11,14H,1-10,12H2. The molecule has 23 heavy (non-hydrogen) atoms. The van der Waals surface area contributed by atoms with Crippen molar-refractivity contribution in [3.05, 3.63) is 17.3 Å². The Labute approximate surface area is 136 Å². The van der Waals surface area contributed by atoms with E-state index in [2.05, 4.69) is 21.2 Å². The van der Waals surface area contributed by atoms with Crippen LogP contribution in [-0.2, 0) is 22.4 Å². The van der Waals surface area contributed by atoms with Crippen molar-refractivity contribution in [1.29, 1.82) is 0 Å². The minimum Gasteiger partial charge on any atom is -0.381 e. The summed E-state index contributed by atoms with van der Waals surface area (Å²) in [5.74, 6) is 1.31. The molecule has 0 N–H and O–H groups in total. The van der Waals surface area contributed by atoms with E-state index in [9.17, 15) is 4.79 Å². The number of ether oxygens (including phenoxy) is 1. The summed E-state index contributed by atoms with van der Waals surface area (Å²) < 4.78 is 5.34. The number of fused-ring (bicyclic) bond motifs is 1. The van der Waals surface area contributed by atoms with Gasteiger partial charge in [0, 0.05) is 32.8 Å². The third-order valence-corrected chi connectivity index (χ3v) is 5.25. The molecule has 2 fully saturated rings. The SMILES string of the molecule is O=C(C1CCOC1)N1CCN(c2cc3c(nn2)CCCC3)CC1. The molecule has 0 spiro atoms. The van der Waals surface area contributed by atoms with Crippen LogP contribution in [0, 0.1) is 5.92 Å². The summed E-state index contributed by atoms with van der Waals surface area (Å²) in [6.07, 6.45) is 5.54. The molecule has 1 aromatic rings. The maximum absolute atomic E-state index is 12.4. The first-order chi connectivity index (χ1) is 11.3. The fraction of sp³-hybridized carbons (Fsp3) is 0.706. The lowest BCUT2D eigenvalue weighted by Gasteiger charge is -2.36. The summed E-state index contributed by atoms with van der Waals surface area (Å²) >= 11 is 0. The van der Waals surface area contributed by atoms with Crippen molar-refractivity contribution in [3.63, 3.8) is 0 Å². The summed E-state index contributed by atoms with van der Waals surface area (Å²) in [6, 6.07) is 2.21. The van der Waals surface area contributed by atoms with Crippen LogP contribution in [0.3, 0.4) is 0 Å². The van der Waals surface area contributed by atoms with Crippen LogP contribution in [0.5, 0.6) is 0 Å². The highest BCUT2D eigenvalue weighted by Crippen LogP contribution is 2.23. The number of anilines is 1. The third-order valence-electron chi connectivity index (χ3n) is 5.25. The molecular weight excluding hydrogens is 292 g/mol. The van der Waals surface area contributed by atoms with Gasteiger partial charge in [0.05, 0.1) is 18.2 Å². The molecule has 1 unspecified atom stereocenters. The molecule has 0 radical (unpaired) electrons. The number of nitrogens with zero attached hydrogens (tertiary/aromatic N) is 4. The second kappa shape index (κ2) is 6.43. The lowest BCUT2D eigenvalue weighted by Crippen LogP contribution is -2.50. The van der Waals surface area contributed by atoms with Crippen LogP contribution in [0.4, 0.5) is 5.82 Å². The van der Waals surface area contributed by atoms with E-state index in [1.54, 1.807) is 0 Å². The second-order valence-electron chi connectivity index (χ2n) is 6.75. The lowest BCUT2D eigenvalue weighted by molar-refractivity contribution is -0.135. The molecule has 6 heteroatoms. The topological polar surface area (TPSA) is 58.6 Å². The summed E-state index contributed by atoms with van der Waals surface area (Å²) in [5, 5.41) is 8.84. The van der Waals surface area contributed by atoms with Gasteiger partial charge < -0.3 is 14.5 Å². The Morgan fingerprint density at radius 1 is 1.13 bits per heavy atom. The van der Waals surface area contributed by atoms with Crippen LogP contribution in [0.2, 0.25) is 0 Å². The summed E-state index contributed by atoms with van der Waals surface area (Å²) in [5.41, 5.74) is 2.54. The Bertz CT molecular complexity index is 578. The van der Waals surface area contributed by atoms with Crippen LogP contribution in [0.15, 0.2) is 6.07 Å². The molecule has 1 aromatic heterocycles. The number of aryl methyl sites for hydroxylation is 2. The molecule has 1 atom stereocenters. The van der Waals surface area contributed by atoms with Crippen molar-refractivity contribution in [2.75, 3.05) is 44.3 Å². The molecule has 124 valence electrons. The normalized spacial score (nSPS) is 24.6. The molecule has 0 saturated carbocycles. The monoisotopic (exact) mass is 316 g/mol. The molecule has 4 rings (SSSR count). The average molecular weight is 316 g/mol. The Hall–Kier alpha value is -1.69. The van der Waals surface area contributed by atoms with Crippen LogP contribution < -0.4 is 4.90 Å². The number of piperazine rings is 1. The summed E-state index contributed by atoms with van der Waals surface area (Å²) in [7, 11) is 0. The number of carbonyl (C=O) groups is 1. The number of hydrogen-bond acceptors (Lipinski definition) is 5. The highest BCUT2D eigenvalue weighted by Gasteiger charge is 2.30. The van der Waals surface area contributed by atoms with E-state index in [0.717, 1.165) is 57.9 Å². The van der Waals surface area contributed by atoms with Gasteiger partial charge in [-0.2, -0.15) is 5.10 Å². The van der Waals surface area contributed by atoms with Crippen LogP contribution >= 0.6 is 0 Å². The Kier molecular flexibility index (Phi) is 4.16. The maximum atomic E-state index is 12.4. The van der Waals surface area contributed by atoms with Crippen molar-refractivity contribution in [1.82, 2.24) is 15.1 Å². The van der Waals surface area contributed by atoms with Crippen molar-refractivity contribution in [2.45, 2.75) is 32.1 Å². The van der Waals surface area contributed by atoms with Gasteiger partial charge in [0.1, 0.15) is 0 Å². The molecule has 3 aliphatic rings. The van der Waals surface area contributed by atoms with Gasteiger partial charge >= 0.3 is 0 Å². The van der Waals surface area contributed by atoms with E-state index in [4.69, 9.17) is 4.74 Å². The molecule has 2 aliphatic heterocycles. The van der Waals surface area contributed by atoms with Gasteiger partial charge in [-0.05, 0) is 43.7 Å². The molecule has 2 saturated heterocycles. The minimum atomic E-state index is 0.0742. The zero-order valence-corrected chi connectivity index (χ0v) is 13.5. The first-order valence-corrected chi connectivity index (χ1v) is 8.78. The molecular formula is C17H24N4O2. The van der Waals surface area contributed by atoms with Gasteiger partial charge in [0.15, 0.2) is 5.82 Å². The fourth-order valence-corrected chi connectivity index (χ4v) is 3.78. The second-order valence-corrected chi connectivity index (χ2v) is 6.75. The van der Waals surface area contributed by atoms with Gasteiger partial charge in [0.2, 0.25) is 5.91 Å². The maximum Gasteiger partial charge on any atom is 0.228 e. The zero-order chi connectivity index (χ0) is 15.6. The van der Waals surface area contributed by atoms with E-state index in [1.165, 1.54) is 24.1 Å². The van der Waals surface area contributed by atoms with E-state index in [0.29, 0.717) is 6.61 Å². The molecule has 6 nitrogen and oxygen atoms in total. The lowest BCUT2D eigenvalue weighted by atomic mass is 9.97. The number of carbonyl (C=O) groups excluding carboxylic acids is 1. The molecule has 3 heterocycles. The van der Waals surface area contributed by atoms with Crippen molar-refractivity contribution in [2.24, 2.45) is 5.92 Å². The number of hydrogen-bond donors (Lipinski definition) is 0. The number of amides is 1. The Balaban J connectivity index is 1.38. The molecule has 0 bridgehead atoms. The van der Waals surface area contributed by atoms with E-state index < -0.39 is 0 Å². The predicted molar refractivity (Wildman–Crippen MR) is 86.4 cm³/mol. The third kappa shape index (κ3) is 3.04. The number of aromatic nitrogens is 2. The van der Waals surface area contributed by atoms with Gasteiger partial charge in [-0.25, -0.2) is 0 Å².